The minimum atomic E-state index is -4.32. The van der Waals surface area contributed by atoms with E-state index in [0.29, 0.717) is 17.6 Å². The van der Waals surface area contributed by atoms with E-state index in [0.717, 1.165) is 29.1 Å². The maximum Gasteiger partial charge on any atom is 0.264 e. The summed E-state index contributed by atoms with van der Waals surface area (Å²) >= 11 is 0. The molecule has 0 aliphatic carbocycles. The highest BCUT2D eigenvalue weighted by Gasteiger charge is 2.20. The van der Waals surface area contributed by atoms with Gasteiger partial charge in [0.25, 0.3) is 10.0 Å². The molecule has 0 saturated carbocycles. The average molecular weight is 471 g/mol. The van der Waals surface area contributed by atoms with Crippen molar-refractivity contribution in [1.29, 1.82) is 0 Å². The van der Waals surface area contributed by atoms with Crippen LogP contribution in [0.4, 0.5) is 14.5 Å². The monoisotopic (exact) mass is 471 g/mol. The zero-order valence-corrected chi connectivity index (χ0v) is 18.7. The Kier molecular flexibility index (Phi) is 5.81. The van der Waals surface area contributed by atoms with Crippen LogP contribution in [0.3, 0.4) is 0 Å². The third kappa shape index (κ3) is 4.67. The topological polar surface area (TPSA) is 99.0 Å². The summed E-state index contributed by atoms with van der Waals surface area (Å²) in [5.41, 5.74) is 3.05. The number of aromatic nitrogens is 4. The van der Waals surface area contributed by atoms with Gasteiger partial charge in [0.05, 0.1) is 5.69 Å². The molecule has 11 heteroatoms. The first kappa shape index (κ1) is 22.3. The maximum absolute atomic E-state index is 13.9. The number of hydrogen-bond donors (Lipinski definition) is 1. The molecule has 0 atom stereocenters. The van der Waals surface area contributed by atoms with Crippen molar-refractivity contribution in [3.8, 4) is 17.4 Å². The van der Waals surface area contributed by atoms with E-state index < -0.39 is 26.6 Å². The van der Waals surface area contributed by atoms with Gasteiger partial charge < -0.3 is 4.74 Å². The van der Waals surface area contributed by atoms with Gasteiger partial charge in [-0.05, 0) is 68.8 Å². The smallest absolute Gasteiger partial charge is 0.264 e. The lowest BCUT2D eigenvalue weighted by molar-refractivity contribution is 0.460. The van der Waals surface area contributed by atoms with E-state index in [1.165, 1.54) is 30.6 Å². The van der Waals surface area contributed by atoms with Gasteiger partial charge in [0.1, 0.15) is 28.6 Å². The lowest BCUT2D eigenvalue weighted by Crippen LogP contribution is -2.14. The number of ether oxygens (including phenoxy) is 1. The van der Waals surface area contributed by atoms with Gasteiger partial charge in [-0.25, -0.2) is 31.8 Å². The van der Waals surface area contributed by atoms with E-state index in [9.17, 15) is 17.2 Å². The van der Waals surface area contributed by atoms with Crippen molar-refractivity contribution in [2.75, 3.05) is 4.72 Å². The molecule has 0 radical (unpaired) electrons. The van der Waals surface area contributed by atoms with E-state index in [1.54, 1.807) is 10.7 Å². The van der Waals surface area contributed by atoms with E-state index in [4.69, 9.17) is 4.74 Å². The highest BCUT2D eigenvalue weighted by atomic mass is 32.2. The third-order valence-electron chi connectivity index (χ3n) is 5.01. The number of anilines is 1. The van der Waals surface area contributed by atoms with Crippen molar-refractivity contribution in [2.24, 2.45) is 0 Å². The van der Waals surface area contributed by atoms with Gasteiger partial charge in [0, 0.05) is 17.4 Å². The Morgan fingerprint density at radius 1 is 0.970 bits per heavy atom. The fourth-order valence-corrected chi connectivity index (χ4v) is 4.20. The molecule has 4 aromatic rings. The second kappa shape index (κ2) is 8.58. The van der Waals surface area contributed by atoms with Crippen molar-refractivity contribution < 1.29 is 21.9 Å². The van der Waals surface area contributed by atoms with Gasteiger partial charge in [0.15, 0.2) is 5.82 Å². The maximum atomic E-state index is 13.9. The molecule has 0 spiro atoms. The SMILES string of the molecule is Cc1nn(-c2cc(Oc3ccc(NS(=O)(=O)c4cc(F)ccc4F)cc3)ncn2)c(C)c1C. The van der Waals surface area contributed by atoms with Crippen LogP contribution in [-0.2, 0) is 10.0 Å². The number of halogens is 2. The molecule has 0 unspecified atom stereocenters. The molecule has 0 amide bonds. The Morgan fingerprint density at radius 3 is 2.36 bits per heavy atom. The zero-order valence-electron chi connectivity index (χ0n) is 17.9. The molecule has 2 aromatic carbocycles. The standard InChI is InChI=1S/C22H19F2N5O3S/c1-13-14(2)27-29(15(13)3)21-11-22(26-12-25-21)32-18-7-5-17(6-8-18)28-33(30,31)20-10-16(23)4-9-19(20)24/h4-12,28H,1-3H3. The predicted molar refractivity (Wildman–Crippen MR) is 117 cm³/mol. The Bertz CT molecular complexity index is 1440. The van der Waals surface area contributed by atoms with Crippen molar-refractivity contribution >= 4 is 15.7 Å². The van der Waals surface area contributed by atoms with Crippen LogP contribution in [0, 0.1) is 32.4 Å². The first-order valence-corrected chi connectivity index (χ1v) is 11.2. The van der Waals surface area contributed by atoms with Crippen LogP contribution in [0.1, 0.15) is 17.0 Å². The summed E-state index contributed by atoms with van der Waals surface area (Å²) in [6.45, 7) is 5.83. The molecule has 0 fully saturated rings. The number of sulfonamides is 1. The number of nitrogens with zero attached hydrogens (tertiary/aromatic N) is 4. The summed E-state index contributed by atoms with van der Waals surface area (Å²) in [6.07, 6.45) is 1.35. The fourth-order valence-electron chi connectivity index (χ4n) is 3.05. The average Bonchev–Trinajstić information content (AvgIpc) is 3.04. The highest BCUT2D eigenvalue weighted by Crippen LogP contribution is 2.25. The molecule has 4 rings (SSSR count). The minimum Gasteiger partial charge on any atom is -0.439 e. The first-order valence-electron chi connectivity index (χ1n) is 9.75. The molecule has 1 N–H and O–H groups in total. The van der Waals surface area contributed by atoms with Gasteiger partial charge >= 0.3 is 0 Å². The van der Waals surface area contributed by atoms with Crippen molar-refractivity contribution in [3.05, 3.63) is 83.4 Å². The second-order valence-electron chi connectivity index (χ2n) is 7.23. The number of benzene rings is 2. The molecule has 8 nitrogen and oxygen atoms in total. The molecule has 0 bridgehead atoms. The highest BCUT2D eigenvalue weighted by molar-refractivity contribution is 7.92. The van der Waals surface area contributed by atoms with Crippen molar-refractivity contribution in [1.82, 2.24) is 19.7 Å². The van der Waals surface area contributed by atoms with Crippen LogP contribution in [0.5, 0.6) is 11.6 Å². The molecule has 33 heavy (non-hydrogen) atoms. The van der Waals surface area contributed by atoms with Crippen LogP contribution >= 0.6 is 0 Å². The van der Waals surface area contributed by atoms with Gasteiger partial charge in [-0.2, -0.15) is 5.10 Å². The Labute approximate surface area is 188 Å². The van der Waals surface area contributed by atoms with E-state index in [1.807, 2.05) is 20.8 Å². The van der Waals surface area contributed by atoms with Gasteiger partial charge in [-0.3, -0.25) is 4.72 Å². The first-order chi connectivity index (χ1) is 15.6. The number of nitrogens with one attached hydrogen (secondary N) is 1. The second-order valence-corrected chi connectivity index (χ2v) is 8.88. The predicted octanol–water partition coefficient (Wildman–Crippen LogP) is 4.46. The van der Waals surface area contributed by atoms with E-state index in [2.05, 4.69) is 19.8 Å². The van der Waals surface area contributed by atoms with Crippen LogP contribution in [0.2, 0.25) is 0 Å². The molecular formula is C22H19F2N5O3S. The number of rotatable bonds is 6. The summed E-state index contributed by atoms with van der Waals surface area (Å²) < 4.78 is 61.7. The number of aryl methyl sites for hydroxylation is 1. The van der Waals surface area contributed by atoms with Gasteiger partial charge in [-0.15, -0.1) is 0 Å². The zero-order chi connectivity index (χ0) is 23.8. The number of hydrogen-bond acceptors (Lipinski definition) is 6. The quantitative estimate of drug-likeness (QED) is 0.446. The summed E-state index contributed by atoms with van der Waals surface area (Å²) in [6, 6.07) is 9.71. The Hall–Kier alpha value is -3.86. The van der Waals surface area contributed by atoms with Crippen molar-refractivity contribution in [3.63, 3.8) is 0 Å². The minimum absolute atomic E-state index is 0.146. The van der Waals surface area contributed by atoms with Crippen LogP contribution in [0.25, 0.3) is 5.82 Å². The molecule has 2 aromatic heterocycles. The molecule has 0 saturated heterocycles. The van der Waals surface area contributed by atoms with E-state index >= 15 is 0 Å². The summed E-state index contributed by atoms with van der Waals surface area (Å²) in [5.74, 6) is -0.735. The lowest BCUT2D eigenvalue weighted by atomic mass is 10.2. The normalized spacial score (nSPS) is 11.4. The molecule has 0 aliphatic rings. The molecule has 170 valence electrons. The largest absolute Gasteiger partial charge is 0.439 e. The fraction of sp³-hybridized carbons (Fsp3) is 0.136. The van der Waals surface area contributed by atoms with Crippen molar-refractivity contribution in [2.45, 2.75) is 25.7 Å². The Balaban J connectivity index is 1.51. The molecule has 2 heterocycles. The molecule has 0 aliphatic heterocycles. The summed E-state index contributed by atoms with van der Waals surface area (Å²) in [4.78, 5) is 7.55. The van der Waals surface area contributed by atoms with Crippen LogP contribution < -0.4 is 9.46 Å². The molecular weight excluding hydrogens is 452 g/mol. The summed E-state index contributed by atoms with van der Waals surface area (Å²) in [5, 5.41) is 4.47. The Morgan fingerprint density at radius 2 is 1.70 bits per heavy atom. The van der Waals surface area contributed by atoms with Gasteiger partial charge in [-0.1, -0.05) is 0 Å². The van der Waals surface area contributed by atoms with Crippen LogP contribution in [0.15, 0.2) is 59.8 Å². The summed E-state index contributed by atoms with van der Waals surface area (Å²) in [7, 11) is -4.32. The lowest BCUT2D eigenvalue weighted by Gasteiger charge is -2.10. The third-order valence-corrected chi connectivity index (χ3v) is 6.41. The van der Waals surface area contributed by atoms with Gasteiger partial charge in [0.2, 0.25) is 5.88 Å². The van der Waals surface area contributed by atoms with E-state index in [-0.39, 0.29) is 11.6 Å². The van der Waals surface area contributed by atoms with Crippen LogP contribution in [-0.4, -0.2) is 28.2 Å².